The van der Waals surface area contributed by atoms with E-state index in [1.807, 2.05) is 7.05 Å². The summed E-state index contributed by atoms with van der Waals surface area (Å²) in [4.78, 5) is 4.35. The van der Waals surface area contributed by atoms with Crippen LogP contribution >= 0.6 is 39.1 Å². The Bertz CT molecular complexity index is 593. The van der Waals surface area contributed by atoms with Crippen molar-refractivity contribution in [1.82, 2.24) is 10.3 Å². The van der Waals surface area contributed by atoms with Crippen LogP contribution in [0.25, 0.3) is 0 Å². The van der Waals surface area contributed by atoms with E-state index in [4.69, 9.17) is 27.9 Å². The minimum atomic E-state index is 0.484. The molecule has 0 aliphatic carbocycles. The van der Waals surface area contributed by atoms with Gasteiger partial charge in [0.1, 0.15) is 5.75 Å². The highest BCUT2D eigenvalue weighted by Crippen LogP contribution is 2.31. The molecular weight excluding hydrogens is 351 g/mol. The number of halogens is 3. The van der Waals surface area contributed by atoms with Crippen molar-refractivity contribution in [2.75, 3.05) is 7.05 Å². The van der Waals surface area contributed by atoms with Crippen molar-refractivity contribution in [2.45, 2.75) is 6.54 Å². The zero-order valence-electron chi connectivity index (χ0n) is 10.1. The highest BCUT2D eigenvalue weighted by Gasteiger charge is 2.07. The van der Waals surface area contributed by atoms with E-state index in [1.165, 1.54) is 0 Å². The number of aromatic nitrogens is 1. The lowest BCUT2D eigenvalue weighted by molar-refractivity contribution is 0.457. The molecule has 0 saturated heterocycles. The topological polar surface area (TPSA) is 34.2 Å². The Morgan fingerprint density at radius 1 is 1.26 bits per heavy atom. The Kier molecular flexibility index (Phi) is 5.05. The summed E-state index contributed by atoms with van der Waals surface area (Å²) in [6.07, 6.45) is 0. The third-order valence-electron chi connectivity index (χ3n) is 2.35. The third kappa shape index (κ3) is 3.83. The van der Waals surface area contributed by atoms with Crippen LogP contribution in [0.4, 0.5) is 0 Å². The summed E-state index contributed by atoms with van der Waals surface area (Å²) < 4.78 is 6.47. The lowest BCUT2D eigenvalue weighted by Crippen LogP contribution is -2.07. The number of rotatable bonds is 4. The number of pyridine rings is 1. The van der Waals surface area contributed by atoms with Crippen LogP contribution < -0.4 is 10.1 Å². The van der Waals surface area contributed by atoms with Crippen LogP contribution in [0, 0.1) is 0 Å². The second-order valence-corrected chi connectivity index (χ2v) is 5.48. The van der Waals surface area contributed by atoms with E-state index in [9.17, 15) is 0 Å². The molecule has 0 saturated carbocycles. The van der Waals surface area contributed by atoms with Gasteiger partial charge < -0.3 is 10.1 Å². The highest BCUT2D eigenvalue weighted by molar-refractivity contribution is 9.10. The van der Waals surface area contributed by atoms with Crippen LogP contribution in [-0.2, 0) is 6.54 Å². The minimum absolute atomic E-state index is 0.484. The Labute approximate surface area is 130 Å². The van der Waals surface area contributed by atoms with Gasteiger partial charge in [-0.15, -0.1) is 0 Å². The molecule has 1 heterocycles. The molecule has 1 aromatic heterocycles. The molecule has 0 aliphatic heterocycles. The number of hydrogen-bond donors (Lipinski definition) is 1. The maximum Gasteiger partial charge on any atom is 0.219 e. The average molecular weight is 362 g/mol. The van der Waals surface area contributed by atoms with Crippen molar-refractivity contribution < 1.29 is 4.74 Å². The van der Waals surface area contributed by atoms with Crippen molar-refractivity contribution in [1.29, 1.82) is 0 Å². The van der Waals surface area contributed by atoms with Gasteiger partial charge in [-0.05, 0) is 47.2 Å². The van der Waals surface area contributed by atoms with E-state index < -0.39 is 0 Å². The Morgan fingerprint density at radius 3 is 2.74 bits per heavy atom. The SMILES string of the molecule is CNCc1nc(Oc2ccc(Cl)cc2Br)ccc1Cl. The molecule has 6 heteroatoms. The van der Waals surface area contributed by atoms with Crippen LogP contribution in [0.5, 0.6) is 11.6 Å². The van der Waals surface area contributed by atoms with Crippen molar-refractivity contribution in [3.8, 4) is 11.6 Å². The molecule has 0 fully saturated rings. The molecule has 1 aromatic carbocycles. The highest BCUT2D eigenvalue weighted by atomic mass is 79.9. The Hall–Kier alpha value is -0.810. The predicted octanol–water partition coefficient (Wildman–Crippen LogP) is 4.66. The van der Waals surface area contributed by atoms with Gasteiger partial charge >= 0.3 is 0 Å². The zero-order chi connectivity index (χ0) is 13.8. The fraction of sp³-hybridized carbons (Fsp3) is 0.154. The van der Waals surface area contributed by atoms with E-state index in [2.05, 4.69) is 26.2 Å². The van der Waals surface area contributed by atoms with Gasteiger partial charge in [0, 0.05) is 17.6 Å². The van der Waals surface area contributed by atoms with Crippen molar-refractivity contribution in [3.63, 3.8) is 0 Å². The van der Waals surface area contributed by atoms with Crippen molar-refractivity contribution in [2.24, 2.45) is 0 Å². The van der Waals surface area contributed by atoms with E-state index in [-0.39, 0.29) is 0 Å². The molecular formula is C13H11BrCl2N2O. The number of nitrogens with zero attached hydrogens (tertiary/aromatic N) is 1. The lowest BCUT2D eigenvalue weighted by Gasteiger charge is -2.09. The summed E-state index contributed by atoms with van der Waals surface area (Å²) in [6, 6.07) is 8.79. The van der Waals surface area contributed by atoms with Gasteiger partial charge in [-0.25, -0.2) is 4.98 Å². The second kappa shape index (κ2) is 6.57. The first-order valence-corrected chi connectivity index (χ1v) is 7.08. The quantitative estimate of drug-likeness (QED) is 0.859. The van der Waals surface area contributed by atoms with Gasteiger partial charge in [0.2, 0.25) is 5.88 Å². The zero-order valence-corrected chi connectivity index (χ0v) is 13.2. The standard InChI is InChI=1S/C13H11BrCl2N2O/c1-17-7-11-10(16)3-5-13(18-11)19-12-4-2-8(15)6-9(12)14/h2-6,17H,7H2,1H3. The Morgan fingerprint density at radius 2 is 2.05 bits per heavy atom. The molecule has 2 aromatic rings. The summed E-state index contributed by atoms with van der Waals surface area (Å²) in [6.45, 7) is 0.581. The third-order valence-corrected chi connectivity index (χ3v) is 3.54. The summed E-state index contributed by atoms with van der Waals surface area (Å²) in [7, 11) is 1.83. The number of nitrogens with one attached hydrogen (secondary N) is 1. The van der Waals surface area contributed by atoms with Gasteiger partial charge in [0.25, 0.3) is 0 Å². The van der Waals surface area contributed by atoms with Crippen LogP contribution in [0.15, 0.2) is 34.8 Å². The van der Waals surface area contributed by atoms with E-state index in [1.54, 1.807) is 30.3 Å². The molecule has 3 nitrogen and oxygen atoms in total. The predicted molar refractivity (Wildman–Crippen MR) is 81.2 cm³/mol. The maximum absolute atomic E-state index is 6.05. The number of benzene rings is 1. The second-order valence-electron chi connectivity index (χ2n) is 3.79. The van der Waals surface area contributed by atoms with Crippen molar-refractivity contribution >= 4 is 39.1 Å². The molecule has 0 unspecified atom stereocenters. The van der Waals surface area contributed by atoms with Crippen LogP contribution in [0.1, 0.15) is 5.69 Å². The fourth-order valence-electron chi connectivity index (χ4n) is 1.48. The van der Waals surface area contributed by atoms with Gasteiger partial charge in [0.05, 0.1) is 15.2 Å². The molecule has 2 rings (SSSR count). The maximum atomic E-state index is 6.05. The molecule has 0 amide bonds. The largest absolute Gasteiger partial charge is 0.438 e. The van der Waals surface area contributed by atoms with Crippen molar-refractivity contribution in [3.05, 3.63) is 50.5 Å². The first kappa shape index (κ1) is 14.6. The van der Waals surface area contributed by atoms with Gasteiger partial charge in [0.15, 0.2) is 0 Å². The molecule has 0 aliphatic rings. The van der Waals surface area contributed by atoms with E-state index >= 15 is 0 Å². The minimum Gasteiger partial charge on any atom is -0.438 e. The van der Waals surface area contributed by atoms with Gasteiger partial charge in [-0.1, -0.05) is 23.2 Å². The molecule has 19 heavy (non-hydrogen) atoms. The first-order valence-electron chi connectivity index (χ1n) is 5.53. The van der Waals surface area contributed by atoms with Crippen LogP contribution in [0.3, 0.4) is 0 Å². The summed E-state index contributed by atoms with van der Waals surface area (Å²) in [5.41, 5.74) is 0.742. The van der Waals surface area contributed by atoms with Crippen LogP contribution in [0.2, 0.25) is 10.0 Å². The average Bonchev–Trinajstić information content (AvgIpc) is 2.37. The summed E-state index contributed by atoms with van der Waals surface area (Å²) in [5.74, 6) is 1.13. The molecule has 0 atom stereocenters. The van der Waals surface area contributed by atoms with E-state index in [0.717, 1.165) is 10.2 Å². The molecule has 0 bridgehead atoms. The fourth-order valence-corrected chi connectivity index (χ4v) is 2.42. The van der Waals surface area contributed by atoms with E-state index in [0.29, 0.717) is 28.2 Å². The molecule has 100 valence electrons. The molecule has 0 radical (unpaired) electrons. The monoisotopic (exact) mass is 360 g/mol. The van der Waals surface area contributed by atoms with Crippen LogP contribution in [-0.4, -0.2) is 12.0 Å². The summed E-state index contributed by atoms with van der Waals surface area (Å²) in [5, 5.41) is 4.25. The Balaban J connectivity index is 2.25. The lowest BCUT2D eigenvalue weighted by atomic mass is 10.3. The first-order chi connectivity index (χ1) is 9.10. The van der Waals surface area contributed by atoms with Gasteiger partial charge in [-0.3, -0.25) is 0 Å². The normalized spacial score (nSPS) is 10.5. The molecule has 1 N–H and O–H groups in total. The number of hydrogen-bond acceptors (Lipinski definition) is 3. The number of ether oxygens (including phenoxy) is 1. The smallest absolute Gasteiger partial charge is 0.219 e. The summed E-state index contributed by atoms with van der Waals surface area (Å²) >= 11 is 15.3. The molecule has 0 spiro atoms. The van der Waals surface area contributed by atoms with Gasteiger partial charge in [-0.2, -0.15) is 0 Å².